The number of urea groups is 1. The number of carbonyl (C=O) groups is 2. The van der Waals surface area contributed by atoms with Crippen LogP contribution in [-0.4, -0.2) is 28.4 Å². The number of hydrogen-bond donors (Lipinski definition) is 1. The van der Waals surface area contributed by atoms with E-state index >= 15 is 0 Å². The molecule has 1 aliphatic heterocycles. The molecule has 4 nitrogen and oxygen atoms in total. The third-order valence-corrected chi connectivity index (χ3v) is 2.85. The summed E-state index contributed by atoms with van der Waals surface area (Å²) in [5, 5.41) is 2.91. The summed E-state index contributed by atoms with van der Waals surface area (Å²) in [6, 6.07) is -0.352. The fourth-order valence-corrected chi connectivity index (χ4v) is 1.85. The molecule has 3 amide bonds. The fraction of sp³-hybridized carbons (Fsp3) is 0.833. The first-order valence-electron chi connectivity index (χ1n) is 5.67. The van der Waals surface area contributed by atoms with Crippen molar-refractivity contribution < 1.29 is 9.59 Å². The highest BCUT2D eigenvalue weighted by Crippen LogP contribution is 2.28. The Labute approximate surface area is 97.4 Å². The predicted molar refractivity (Wildman–Crippen MR) is 63.0 cm³/mol. The van der Waals surface area contributed by atoms with Gasteiger partial charge in [-0.1, -0.05) is 20.8 Å². The SMILES string of the molecule is CC(C)(C)C1CC(=O)N(C(C)(C)C)C(=O)N1. The lowest BCUT2D eigenvalue weighted by Crippen LogP contribution is -2.63. The van der Waals surface area contributed by atoms with Gasteiger partial charge in [0.2, 0.25) is 5.91 Å². The van der Waals surface area contributed by atoms with Gasteiger partial charge in [0.25, 0.3) is 0 Å². The monoisotopic (exact) mass is 226 g/mol. The van der Waals surface area contributed by atoms with Crippen LogP contribution in [0.5, 0.6) is 0 Å². The van der Waals surface area contributed by atoms with Crippen LogP contribution in [0.15, 0.2) is 0 Å². The van der Waals surface area contributed by atoms with Crippen LogP contribution in [0.2, 0.25) is 0 Å². The molecule has 0 aliphatic carbocycles. The molecule has 0 aromatic rings. The second-order valence-corrected chi connectivity index (χ2v) is 6.47. The smallest absolute Gasteiger partial charge is 0.324 e. The average molecular weight is 226 g/mol. The molecule has 16 heavy (non-hydrogen) atoms. The van der Waals surface area contributed by atoms with Crippen LogP contribution < -0.4 is 5.32 Å². The molecule has 0 radical (unpaired) electrons. The van der Waals surface area contributed by atoms with Crippen LogP contribution in [0.25, 0.3) is 0 Å². The molecule has 4 heteroatoms. The first-order chi connectivity index (χ1) is 7.03. The number of nitrogens with zero attached hydrogens (tertiary/aromatic N) is 1. The van der Waals surface area contributed by atoms with Gasteiger partial charge in [0.15, 0.2) is 0 Å². The third kappa shape index (κ3) is 2.54. The second-order valence-electron chi connectivity index (χ2n) is 6.47. The van der Waals surface area contributed by atoms with Gasteiger partial charge in [0.1, 0.15) is 0 Å². The molecule has 1 atom stereocenters. The number of amides is 3. The van der Waals surface area contributed by atoms with Crippen molar-refractivity contribution in [2.45, 2.75) is 59.5 Å². The van der Waals surface area contributed by atoms with Crippen LogP contribution in [-0.2, 0) is 4.79 Å². The molecule has 0 aromatic carbocycles. The standard InChI is InChI=1S/C12H22N2O2/c1-11(2,3)8-7-9(15)14(10(16)13-8)12(4,5)6/h8H,7H2,1-6H3,(H,13,16). The minimum Gasteiger partial charge on any atom is -0.334 e. The van der Waals surface area contributed by atoms with E-state index in [0.29, 0.717) is 6.42 Å². The van der Waals surface area contributed by atoms with E-state index in [1.807, 2.05) is 41.5 Å². The molecule has 92 valence electrons. The highest BCUT2D eigenvalue weighted by Gasteiger charge is 2.41. The van der Waals surface area contributed by atoms with E-state index in [1.54, 1.807) is 0 Å². The van der Waals surface area contributed by atoms with Crippen LogP contribution >= 0.6 is 0 Å². The van der Waals surface area contributed by atoms with Gasteiger partial charge in [0.05, 0.1) is 0 Å². The molecule has 1 unspecified atom stereocenters. The summed E-state index contributed by atoms with van der Waals surface area (Å²) in [5.74, 6) is -0.0869. The number of nitrogens with one attached hydrogen (secondary N) is 1. The van der Waals surface area contributed by atoms with E-state index in [-0.39, 0.29) is 23.4 Å². The van der Waals surface area contributed by atoms with Gasteiger partial charge < -0.3 is 5.32 Å². The lowest BCUT2D eigenvalue weighted by Gasteiger charge is -2.43. The van der Waals surface area contributed by atoms with Gasteiger partial charge >= 0.3 is 6.03 Å². The Bertz CT molecular complexity index is 292. The van der Waals surface area contributed by atoms with Crippen LogP contribution in [0.3, 0.4) is 0 Å². The minimum absolute atomic E-state index is 0.0777. The van der Waals surface area contributed by atoms with Gasteiger partial charge in [-0.3, -0.25) is 9.69 Å². The topological polar surface area (TPSA) is 49.4 Å². The van der Waals surface area contributed by atoms with Crippen LogP contribution in [0.4, 0.5) is 4.79 Å². The average Bonchev–Trinajstić information content (AvgIpc) is 1.97. The molecule has 1 saturated heterocycles. The molecule has 0 spiro atoms. The van der Waals surface area contributed by atoms with Crippen molar-refractivity contribution in [1.29, 1.82) is 0 Å². The molecule has 1 aliphatic rings. The molecule has 1 rings (SSSR count). The van der Waals surface area contributed by atoms with Crippen LogP contribution in [0.1, 0.15) is 48.0 Å². The van der Waals surface area contributed by atoms with Gasteiger partial charge in [-0.2, -0.15) is 0 Å². The van der Waals surface area contributed by atoms with Crippen molar-refractivity contribution in [1.82, 2.24) is 10.2 Å². The lowest BCUT2D eigenvalue weighted by molar-refractivity contribution is -0.135. The van der Waals surface area contributed by atoms with E-state index in [0.717, 1.165) is 0 Å². The maximum Gasteiger partial charge on any atom is 0.324 e. The zero-order valence-corrected chi connectivity index (χ0v) is 11.0. The van der Waals surface area contributed by atoms with Gasteiger partial charge in [-0.15, -0.1) is 0 Å². The van der Waals surface area contributed by atoms with E-state index in [4.69, 9.17) is 0 Å². The van der Waals surface area contributed by atoms with Crippen molar-refractivity contribution in [2.75, 3.05) is 0 Å². The van der Waals surface area contributed by atoms with E-state index in [9.17, 15) is 9.59 Å². The van der Waals surface area contributed by atoms with E-state index in [1.165, 1.54) is 4.90 Å². The molecule has 1 N–H and O–H groups in total. The molecule has 0 bridgehead atoms. The highest BCUT2D eigenvalue weighted by atomic mass is 16.2. The van der Waals surface area contributed by atoms with E-state index in [2.05, 4.69) is 5.32 Å². The summed E-state index contributed by atoms with van der Waals surface area (Å²) < 4.78 is 0. The number of carbonyl (C=O) groups excluding carboxylic acids is 2. The molecule has 1 heterocycles. The molecule has 0 saturated carbocycles. The van der Waals surface area contributed by atoms with Gasteiger partial charge in [0, 0.05) is 18.0 Å². The van der Waals surface area contributed by atoms with E-state index < -0.39 is 5.54 Å². The fourth-order valence-electron chi connectivity index (χ4n) is 1.85. The number of hydrogen-bond acceptors (Lipinski definition) is 2. The molecular formula is C12H22N2O2. The Kier molecular flexibility index (Phi) is 3.05. The summed E-state index contributed by atoms with van der Waals surface area (Å²) >= 11 is 0. The summed E-state index contributed by atoms with van der Waals surface area (Å²) in [6.07, 6.45) is 0.381. The predicted octanol–water partition coefficient (Wildman–Crippen LogP) is 2.14. The van der Waals surface area contributed by atoms with Crippen molar-refractivity contribution in [3.63, 3.8) is 0 Å². The first kappa shape index (κ1) is 13.0. The summed E-state index contributed by atoms with van der Waals surface area (Å²) in [7, 11) is 0. The Hall–Kier alpha value is -1.06. The lowest BCUT2D eigenvalue weighted by atomic mass is 9.83. The Morgan fingerprint density at radius 1 is 1.12 bits per heavy atom. The van der Waals surface area contributed by atoms with Crippen LogP contribution in [0, 0.1) is 5.41 Å². The molecule has 0 aromatic heterocycles. The number of rotatable bonds is 0. The minimum atomic E-state index is -0.454. The molecule has 1 fully saturated rings. The number of imide groups is 1. The third-order valence-electron chi connectivity index (χ3n) is 2.85. The second kappa shape index (κ2) is 3.75. The van der Waals surface area contributed by atoms with Crippen molar-refractivity contribution in [2.24, 2.45) is 5.41 Å². The van der Waals surface area contributed by atoms with Crippen molar-refractivity contribution in [3.05, 3.63) is 0 Å². The van der Waals surface area contributed by atoms with Crippen molar-refractivity contribution in [3.8, 4) is 0 Å². The first-order valence-corrected chi connectivity index (χ1v) is 5.67. The van der Waals surface area contributed by atoms with Crippen molar-refractivity contribution >= 4 is 11.9 Å². The Morgan fingerprint density at radius 2 is 1.62 bits per heavy atom. The van der Waals surface area contributed by atoms with Gasteiger partial charge in [-0.25, -0.2) is 4.79 Å². The highest BCUT2D eigenvalue weighted by molar-refractivity contribution is 5.98. The normalized spacial score (nSPS) is 23.4. The summed E-state index contributed by atoms with van der Waals surface area (Å²) in [6.45, 7) is 11.7. The zero-order valence-electron chi connectivity index (χ0n) is 11.0. The maximum absolute atomic E-state index is 12.0. The Balaban J connectivity index is 2.89. The summed E-state index contributed by atoms with van der Waals surface area (Å²) in [5.41, 5.74) is -0.542. The zero-order chi connectivity index (χ0) is 12.7. The largest absolute Gasteiger partial charge is 0.334 e. The molecular weight excluding hydrogens is 204 g/mol. The summed E-state index contributed by atoms with van der Waals surface area (Å²) in [4.78, 5) is 25.2. The van der Waals surface area contributed by atoms with Gasteiger partial charge in [-0.05, 0) is 26.2 Å². The quantitative estimate of drug-likeness (QED) is 0.688. The maximum atomic E-state index is 12.0. The Morgan fingerprint density at radius 3 is 1.94 bits per heavy atom.